The number of nitrogens with zero attached hydrogens (tertiary/aromatic N) is 2. The lowest BCUT2D eigenvalue weighted by atomic mass is 10.1. The molecule has 7 nitrogen and oxygen atoms in total. The molecule has 1 unspecified atom stereocenters. The van der Waals surface area contributed by atoms with Crippen LogP contribution in [-0.2, 0) is 4.79 Å². The Bertz CT molecular complexity index is 471. The van der Waals surface area contributed by atoms with Gasteiger partial charge in [0.05, 0.1) is 5.69 Å². The summed E-state index contributed by atoms with van der Waals surface area (Å²) in [6, 6.07) is 1.07. The van der Waals surface area contributed by atoms with Gasteiger partial charge in [-0.05, 0) is 13.8 Å². The van der Waals surface area contributed by atoms with Gasteiger partial charge in [-0.1, -0.05) is 5.16 Å². The van der Waals surface area contributed by atoms with Gasteiger partial charge in [0.15, 0.2) is 0 Å². The van der Waals surface area contributed by atoms with E-state index < -0.39 is 6.04 Å². The topological polar surface area (TPSA) is 87.5 Å². The van der Waals surface area contributed by atoms with E-state index in [1.165, 1.54) is 4.90 Å². The summed E-state index contributed by atoms with van der Waals surface area (Å²) < 4.78 is 4.97. The molecule has 0 saturated carbocycles. The van der Waals surface area contributed by atoms with E-state index in [9.17, 15) is 9.59 Å². The van der Waals surface area contributed by atoms with Crippen molar-refractivity contribution in [2.45, 2.75) is 19.9 Å². The van der Waals surface area contributed by atoms with Crippen molar-refractivity contribution >= 4 is 11.8 Å². The molecule has 1 saturated heterocycles. The fourth-order valence-electron chi connectivity index (χ4n) is 2.08. The van der Waals surface area contributed by atoms with E-state index in [1.54, 1.807) is 13.0 Å². The smallest absolute Gasteiger partial charge is 0.293 e. The minimum absolute atomic E-state index is 0.153. The highest BCUT2D eigenvalue weighted by atomic mass is 16.5. The largest absolute Gasteiger partial charge is 0.355 e. The van der Waals surface area contributed by atoms with Crippen LogP contribution in [0, 0.1) is 6.92 Å². The van der Waals surface area contributed by atoms with Crippen molar-refractivity contribution in [2.75, 3.05) is 26.2 Å². The molecule has 0 aliphatic carbocycles. The minimum Gasteiger partial charge on any atom is -0.355 e. The summed E-state index contributed by atoms with van der Waals surface area (Å²) in [5, 5.41) is 9.55. The Morgan fingerprint density at radius 3 is 3.05 bits per heavy atom. The summed E-state index contributed by atoms with van der Waals surface area (Å²) in [5.41, 5.74) is 0.646. The number of piperazine rings is 1. The second-order valence-corrected chi connectivity index (χ2v) is 4.45. The Balaban J connectivity index is 2.15. The van der Waals surface area contributed by atoms with Crippen molar-refractivity contribution in [3.8, 4) is 0 Å². The number of carbonyl (C=O) groups is 2. The van der Waals surface area contributed by atoms with E-state index in [-0.39, 0.29) is 17.6 Å². The molecule has 19 heavy (non-hydrogen) atoms. The number of aryl methyl sites for hydroxylation is 1. The van der Waals surface area contributed by atoms with Crippen LogP contribution in [0.5, 0.6) is 0 Å². The first-order chi connectivity index (χ1) is 9.13. The fraction of sp³-hybridized carbons (Fsp3) is 0.583. The Morgan fingerprint density at radius 1 is 1.63 bits per heavy atom. The summed E-state index contributed by atoms with van der Waals surface area (Å²) in [6.07, 6.45) is 0. The highest BCUT2D eigenvalue weighted by Crippen LogP contribution is 2.12. The normalized spacial score (nSPS) is 19.3. The summed E-state index contributed by atoms with van der Waals surface area (Å²) in [6.45, 7) is 5.72. The van der Waals surface area contributed by atoms with Crippen LogP contribution in [0.25, 0.3) is 0 Å². The quantitative estimate of drug-likeness (QED) is 0.772. The van der Waals surface area contributed by atoms with Crippen LogP contribution in [0.2, 0.25) is 0 Å². The van der Waals surface area contributed by atoms with Gasteiger partial charge in [0.2, 0.25) is 11.7 Å². The summed E-state index contributed by atoms with van der Waals surface area (Å²) in [7, 11) is 0. The van der Waals surface area contributed by atoms with Crippen LogP contribution >= 0.6 is 0 Å². The minimum atomic E-state index is -0.508. The van der Waals surface area contributed by atoms with Crippen LogP contribution in [0.3, 0.4) is 0 Å². The number of amides is 2. The maximum Gasteiger partial charge on any atom is 0.293 e. The number of aromatic nitrogens is 1. The number of nitrogens with one attached hydrogen (secondary N) is 2. The van der Waals surface area contributed by atoms with Crippen LogP contribution in [-0.4, -0.2) is 54.1 Å². The predicted molar refractivity (Wildman–Crippen MR) is 67.6 cm³/mol. The molecule has 0 aromatic carbocycles. The van der Waals surface area contributed by atoms with E-state index in [1.807, 2.05) is 6.92 Å². The van der Waals surface area contributed by atoms with Crippen molar-refractivity contribution in [2.24, 2.45) is 0 Å². The first-order valence-corrected chi connectivity index (χ1v) is 6.36. The van der Waals surface area contributed by atoms with Gasteiger partial charge in [0.25, 0.3) is 5.91 Å². The SMILES string of the molecule is CCNC(=O)C1CNCCN1C(=O)c1cc(C)no1. The molecular formula is C12H18N4O3. The maximum absolute atomic E-state index is 12.3. The molecule has 2 N–H and O–H groups in total. The van der Waals surface area contributed by atoms with Gasteiger partial charge in [-0.25, -0.2) is 0 Å². The zero-order chi connectivity index (χ0) is 13.8. The van der Waals surface area contributed by atoms with Crippen molar-refractivity contribution in [1.29, 1.82) is 0 Å². The van der Waals surface area contributed by atoms with E-state index in [0.29, 0.717) is 31.9 Å². The average Bonchev–Trinajstić information content (AvgIpc) is 2.85. The summed E-state index contributed by atoms with van der Waals surface area (Å²) >= 11 is 0. The number of rotatable bonds is 3. The third kappa shape index (κ3) is 2.93. The van der Waals surface area contributed by atoms with Gasteiger partial charge >= 0.3 is 0 Å². The molecular weight excluding hydrogens is 248 g/mol. The molecule has 0 spiro atoms. The molecule has 0 radical (unpaired) electrons. The molecule has 1 atom stereocenters. The van der Waals surface area contributed by atoms with Crippen LogP contribution in [0.15, 0.2) is 10.6 Å². The van der Waals surface area contributed by atoms with Gasteiger partial charge in [0.1, 0.15) is 6.04 Å². The number of carbonyl (C=O) groups excluding carboxylic acids is 2. The van der Waals surface area contributed by atoms with Gasteiger partial charge < -0.3 is 20.1 Å². The second kappa shape index (κ2) is 5.83. The Labute approximate surface area is 111 Å². The predicted octanol–water partition coefficient (Wildman–Crippen LogP) is -0.467. The van der Waals surface area contributed by atoms with Crippen molar-refractivity contribution < 1.29 is 14.1 Å². The van der Waals surface area contributed by atoms with Crippen LogP contribution in [0.1, 0.15) is 23.2 Å². The number of likely N-dealkylation sites (N-methyl/N-ethyl adjacent to an activating group) is 1. The zero-order valence-corrected chi connectivity index (χ0v) is 11.1. The van der Waals surface area contributed by atoms with Crippen molar-refractivity contribution in [1.82, 2.24) is 20.7 Å². The molecule has 104 valence electrons. The first kappa shape index (κ1) is 13.5. The monoisotopic (exact) mass is 266 g/mol. The maximum atomic E-state index is 12.3. The molecule has 1 aromatic heterocycles. The third-order valence-electron chi connectivity index (χ3n) is 3.00. The molecule has 1 fully saturated rings. The lowest BCUT2D eigenvalue weighted by molar-refractivity contribution is -0.126. The zero-order valence-electron chi connectivity index (χ0n) is 11.1. The van der Waals surface area contributed by atoms with Gasteiger partial charge in [-0.2, -0.15) is 0 Å². The highest BCUT2D eigenvalue weighted by Gasteiger charge is 2.33. The molecule has 1 aliphatic heterocycles. The second-order valence-electron chi connectivity index (χ2n) is 4.45. The van der Waals surface area contributed by atoms with Gasteiger partial charge in [-0.3, -0.25) is 9.59 Å². The Hall–Kier alpha value is -1.89. The van der Waals surface area contributed by atoms with Gasteiger partial charge in [0, 0.05) is 32.2 Å². The number of hydrogen-bond donors (Lipinski definition) is 2. The molecule has 1 aliphatic rings. The van der Waals surface area contributed by atoms with E-state index in [2.05, 4.69) is 15.8 Å². The highest BCUT2D eigenvalue weighted by molar-refractivity contribution is 5.95. The van der Waals surface area contributed by atoms with Gasteiger partial charge in [-0.15, -0.1) is 0 Å². The molecule has 2 heterocycles. The molecule has 1 aromatic rings. The van der Waals surface area contributed by atoms with E-state index >= 15 is 0 Å². The van der Waals surface area contributed by atoms with E-state index in [4.69, 9.17) is 4.52 Å². The van der Waals surface area contributed by atoms with Crippen LogP contribution < -0.4 is 10.6 Å². The van der Waals surface area contributed by atoms with Crippen LogP contribution in [0.4, 0.5) is 0 Å². The summed E-state index contributed by atoms with van der Waals surface area (Å²) in [5.74, 6) is -0.272. The van der Waals surface area contributed by atoms with E-state index in [0.717, 1.165) is 0 Å². The lowest BCUT2D eigenvalue weighted by Crippen LogP contribution is -2.59. The Morgan fingerprint density at radius 2 is 2.42 bits per heavy atom. The molecule has 2 amide bonds. The molecule has 2 rings (SSSR count). The third-order valence-corrected chi connectivity index (χ3v) is 3.00. The fourth-order valence-corrected chi connectivity index (χ4v) is 2.08. The summed E-state index contributed by atoms with van der Waals surface area (Å²) in [4.78, 5) is 25.8. The Kier molecular flexibility index (Phi) is 4.16. The molecule has 0 bridgehead atoms. The number of hydrogen-bond acceptors (Lipinski definition) is 5. The van der Waals surface area contributed by atoms with Crippen molar-refractivity contribution in [3.63, 3.8) is 0 Å². The van der Waals surface area contributed by atoms with Crippen molar-refractivity contribution in [3.05, 3.63) is 17.5 Å². The first-order valence-electron chi connectivity index (χ1n) is 6.36. The average molecular weight is 266 g/mol. The standard InChI is InChI=1S/C12H18N4O3/c1-3-14-11(17)9-7-13-4-5-16(9)12(18)10-6-8(2)15-19-10/h6,9,13H,3-5,7H2,1-2H3,(H,14,17). The lowest BCUT2D eigenvalue weighted by Gasteiger charge is -2.34. The molecule has 7 heteroatoms.